The van der Waals surface area contributed by atoms with Crippen LogP contribution in [-0.4, -0.2) is 4.98 Å². The van der Waals surface area contributed by atoms with E-state index in [0.29, 0.717) is 0 Å². The maximum absolute atomic E-state index is 3.99. The van der Waals surface area contributed by atoms with Crippen molar-refractivity contribution < 1.29 is 4.57 Å². The van der Waals surface area contributed by atoms with E-state index in [0.717, 1.165) is 13.0 Å². The minimum absolute atomic E-state index is 0.909. The standard InChI is InChI=1S/C13H15N2/c1-2-12-3-5-13(6-4-12)11-15-9-7-14-8-10-15/h3-10H,2,11H2,1H3/q+1. The highest BCUT2D eigenvalue weighted by Crippen LogP contribution is 2.04. The summed E-state index contributed by atoms with van der Waals surface area (Å²) in [4.78, 5) is 3.99. The summed E-state index contributed by atoms with van der Waals surface area (Å²) in [6.07, 6.45) is 8.67. The van der Waals surface area contributed by atoms with E-state index in [4.69, 9.17) is 0 Å². The van der Waals surface area contributed by atoms with Gasteiger partial charge in [0.05, 0.1) is 12.4 Å². The van der Waals surface area contributed by atoms with E-state index >= 15 is 0 Å². The van der Waals surface area contributed by atoms with Gasteiger partial charge in [-0.05, 0) is 12.0 Å². The van der Waals surface area contributed by atoms with E-state index in [1.165, 1.54) is 11.1 Å². The molecule has 0 amide bonds. The maximum atomic E-state index is 3.99. The van der Waals surface area contributed by atoms with Gasteiger partial charge in [-0.2, -0.15) is 4.57 Å². The van der Waals surface area contributed by atoms with Crippen LogP contribution in [0, 0.1) is 0 Å². The summed E-state index contributed by atoms with van der Waals surface area (Å²) in [5, 5.41) is 0. The molecule has 2 rings (SSSR count). The van der Waals surface area contributed by atoms with Crippen molar-refractivity contribution in [2.75, 3.05) is 0 Å². The van der Waals surface area contributed by atoms with Gasteiger partial charge in [0, 0.05) is 5.56 Å². The van der Waals surface area contributed by atoms with Crippen LogP contribution >= 0.6 is 0 Å². The Morgan fingerprint density at radius 3 is 2.20 bits per heavy atom. The van der Waals surface area contributed by atoms with Gasteiger partial charge in [0.1, 0.15) is 0 Å². The van der Waals surface area contributed by atoms with Gasteiger partial charge < -0.3 is 0 Å². The second kappa shape index (κ2) is 4.69. The molecular formula is C13H15N2+. The molecule has 1 aromatic heterocycles. The smallest absolute Gasteiger partial charge is 0.187 e. The van der Waals surface area contributed by atoms with Crippen LogP contribution in [0.15, 0.2) is 49.1 Å². The van der Waals surface area contributed by atoms with E-state index in [2.05, 4.69) is 40.7 Å². The summed E-state index contributed by atoms with van der Waals surface area (Å²) in [6.45, 7) is 3.08. The Kier molecular flexibility index (Phi) is 3.08. The fourth-order valence-electron chi connectivity index (χ4n) is 1.54. The van der Waals surface area contributed by atoms with Crippen molar-refractivity contribution in [2.45, 2.75) is 19.9 Å². The summed E-state index contributed by atoms with van der Waals surface area (Å²) in [7, 11) is 0. The summed E-state index contributed by atoms with van der Waals surface area (Å²) in [5.41, 5.74) is 2.71. The first-order chi connectivity index (χ1) is 7.38. The fraction of sp³-hybridized carbons (Fsp3) is 0.231. The topological polar surface area (TPSA) is 16.8 Å². The molecule has 0 bridgehead atoms. The van der Waals surface area contributed by atoms with Gasteiger partial charge in [-0.3, -0.25) is 4.98 Å². The first-order valence-electron chi connectivity index (χ1n) is 5.25. The largest absolute Gasteiger partial charge is 0.252 e. The van der Waals surface area contributed by atoms with Crippen LogP contribution in [0.5, 0.6) is 0 Å². The molecule has 0 aliphatic heterocycles. The molecule has 2 aromatic rings. The summed E-state index contributed by atoms with van der Waals surface area (Å²) >= 11 is 0. The molecule has 0 saturated carbocycles. The minimum Gasteiger partial charge on any atom is -0.252 e. The molecule has 15 heavy (non-hydrogen) atoms. The van der Waals surface area contributed by atoms with Crippen molar-refractivity contribution in [3.63, 3.8) is 0 Å². The zero-order chi connectivity index (χ0) is 10.5. The number of rotatable bonds is 3. The van der Waals surface area contributed by atoms with Crippen LogP contribution in [0.25, 0.3) is 0 Å². The first kappa shape index (κ1) is 9.84. The number of aromatic nitrogens is 2. The average molecular weight is 199 g/mol. The predicted molar refractivity (Wildman–Crippen MR) is 59.4 cm³/mol. The third kappa shape index (κ3) is 2.62. The van der Waals surface area contributed by atoms with Crippen molar-refractivity contribution in [1.82, 2.24) is 4.98 Å². The van der Waals surface area contributed by atoms with Gasteiger partial charge in [0.15, 0.2) is 18.9 Å². The predicted octanol–water partition coefficient (Wildman–Crippen LogP) is 1.98. The van der Waals surface area contributed by atoms with E-state index in [-0.39, 0.29) is 0 Å². The Hall–Kier alpha value is -1.70. The highest BCUT2D eigenvalue weighted by atomic mass is 14.9. The zero-order valence-corrected chi connectivity index (χ0v) is 8.93. The van der Waals surface area contributed by atoms with Crippen molar-refractivity contribution >= 4 is 0 Å². The first-order valence-corrected chi connectivity index (χ1v) is 5.25. The number of benzene rings is 1. The normalized spacial score (nSPS) is 10.2. The van der Waals surface area contributed by atoms with Crippen LogP contribution < -0.4 is 4.57 Å². The van der Waals surface area contributed by atoms with Crippen LogP contribution in [0.1, 0.15) is 18.1 Å². The van der Waals surface area contributed by atoms with Gasteiger partial charge in [0.2, 0.25) is 0 Å². The molecule has 0 atom stereocenters. The number of hydrogen-bond donors (Lipinski definition) is 0. The molecule has 1 aromatic carbocycles. The molecule has 0 aliphatic carbocycles. The third-order valence-corrected chi connectivity index (χ3v) is 2.48. The molecule has 76 valence electrons. The lowest BCUT2D eigenvalue weighted by Gasteiger charge is -1.99. The van der Waals surface area contributed by atoms with Gasteiger partial charge in [-0.25, -0.2) is 0 Å². The number of nitrogens with zero attached hydrogens (tertiary/aromatic N) is 2. The molecule has 1 heterocycles. The summed E-state index contributed by atoms with van der Waals surface area (Å²) in [5.74, 6) is 0. The second-order valence-electron chi connectivity index (χ2n) is 3.59. The van der Waals surface area contributed by atoms with Gasteiger partial charge >= 0.3 is 0 Å². The molecule has 0 spiro atoms. The molecule has 0 fully saturated rings. The van der Waals surface area contributed by atoms with Gasteiger partial charge in [-0.1, -0.05) is 31.2 Å². The van der Waals surface area contributed by atoms with Gasteiger partial charge in [0.25, 0.3) is 0 Å². The number of aryl methyl sites for hydroxylation is 1. The van der Waals surface area contributed by atoms with Crippen LogP contribution in [0.2, 0.25) is 0 Å². The Bertz CT molecular complexity index is 406. The molecule has 2 nitrogen and oxygen atoms in total. The molecule has 0 saturated heterocycles. The van der Waals surface area contributed by atoms with Crippen molar-refractivity contribution in [1.29, 1.82) is 0 Å². The monoisotopic (exact) mass is 199 g/mol. The third-order valence-electron chi connectivity index (χ3n) is 2.48. The Balaban J connectivity index is 2.11. The van der Waals surface area contributed by atoms with Crippen LogP contribution in [0.4, 0.5) is 0 Å². The van der Waals surface area contributed by atoms with Crippen molar-refractivity contribution in [3.8, 4) is 0 Å². The maximum Gasteiger partial charge on any atom is 0.187 e. The fourth-order valence-corrected chi connectivity index (χ4v) is 1.54. The lowest BCUT2D eigenvalue weighted by molar-refractivity contribution is -0.688. The zero-order valence-electron chi connectivity index (χ0n) is 8.93. The number of hydrogen-bond acceptors (Lipinski definition) is 1. The molecular weight excluding hydrogens is 184 g/mol. The lowest BCUT2D eigenvalue weighted by atomic mass is 10.1. The minimum atomic E-state index is 0.909. The van der Waals surface area contributed by atoms with Crippen LogP contribution in [0.3, 0.4) is 0 Å². The molecule has 0 aliphatic rings. The Morgan fingerprint density at radius 2 is 1.60 bits per heavy atom. The highest BCUT2D eigenvalue weighted by molar-refractivity contribution is 5.21. The SMILES string of the molecule is CCc1ccc(C[n+]2ccncc2)cc1. The summed E-state index contributed by atoms with van der Waals surface area (Å²) in [6, 6.07) is 8.76. The lowest BCUT2D eigenvalue weighted by Crippen LogP contribution is -2.33. The Morgan fingerprint density at radius 1 is 1.00 bits per heavy atom. The van der Waals surface area contributed by atoms with E-state index in [1.54, 1.807) is 12.4 Å². The summed E-state index contributed by atoms with van der Waals surface area (Å²) < 4.78 is 2.12. The second-order valence-corrected chi connectivity index (χ2v) is 3.59. The van der Waals surface area contributed by atoms with Gasteiger partial charge in [-0.15, -0.1) is 0 Å². The highest BCUT2D eigenvalue weighted by Gasteiger charge is 2.00. The molecule has 0 unspecified atom stereocenters. The quantitative estimate of drug-likeness (QED) is 0.691. The van der Waals surface area contributed by atoms with E-state index in [1.807, 2.05) is 12.4 Å². The average Bonchev–Trinajstić information content (AvgIpc) is 2.31. The van der Waals surface area contributed by atoms with E-state index < -0.39 is 0 Å². The molecule has 0 radical (unpaired) electrons. The molecule has 0 N–H and O–H groups in total. The van der Waals surface area contributed by atoms with Crippen LogP contribution in [-0.2, 0) is 13.0 Å². The van der Waals surface area contributed by atoms with Crippen molar-refractivity contribution in [2.24, 2.45) is 0 Å². The molecule has 2 heteroatoms. The Labute approximate surface area is 90.2 Å². The van der Waals surface area contributed by atoms with E-state index in [9.17, 15) is 0 Å². The van der Waals surface area contributed by atoms with Crippen molar-refractivity contribution in [3.05, 3.63) is 60.2 Å².